The highest BCUT2D eigenvalue weighted by atomic mass is 14.6. The van der Waals surface area contributed by atoms with Gasteiger partial charge in [-0.05, 0) is 48.6 Å². The summed E-state index contributed by atoms with van der Waals surface area (Å²) < 4.78 is 0. The van der Waals surface area contributed by atoms with Crippen LogP contribution in [-0.2, 0) is 0 Å². The molecule has 2 N–H and O–H groups in total. The molecule has 2 atom stereocenters. The molecule has 0 radical (unpaired) electrons. The molecular weight excluding hydrogens is 194 g/mol. The third-order valence-electron chi connectivity index (χ3n) is 4.06. The van der Waals surface area contributed by atoms with E-state index in [9.17, 15) is 0 Å². The van der Waals surface area contributed by atoms with Gasteiger partial charge in [0.1, 0.15) is 0 Å². The first-order valence-corrected chi connectivity index (χ1v) is 6.37. The largest absolute Gasteiger partial charge is 0.330 e. The Bertz CT molecular complexity index is 329. The Labute approximate surface area is 99.0 Å². The van der Waals surface area contributed by atoms with Crippen LogP contribution in [0.25, 0.3) is 0 Å². The van der Waals surface area contributed by atoms with Crippen LogP contribution in [0.1, 0.15) is 44.6 Å². The molecule has 0 amide bonds. The van der Waals surface area contributed by atoms with Gasteiger partial charge in [-0.3, -0.25) is 0 Å². The molecule has 1 aromatic rings. The van der Waals surface area contributed by atoms with Gasteiger partial charge in [0.25, 0.3) is 0 Å². The summed E-state index contributed by atoms with van der Waals surface area (Å²) in [6.07, 6.45) is 3.88. The van der Waals surface area contributed by atoms with E-state index in [0.29, 0.717) is 17.3 Å². The number of hydrogen-bond acceptors (Lipinski definition) is 1. The van der Waals surface area contributed by atoms with Crippen molar-refractivity contribution < 1.29 is 0 Å². The van der Waals surface area contributed by atoms with E-state index in [1.165, 1.54) is 24.8 Å². The van der Waals surface area contributed by atoms with E-state index in [1.807, 2.05) is 0 Å². The Kier molecular flexibility index (Phi) is 3.34. The molecule has 1 aliphatic carbocycles. The van der Waals surface area contributed by atoms with Gasteiger partial charge in [0.2, 0.25) is 0 Å². The Morgan fingerprint density at radius 3 is 2.56 bits per heavy atom. The van der Waals surface area contributed by atoms with Gasteiger partial charge in [0.05, 0.1) is 0 Å². The lowest BCUT2D eigenvalue weighted by Crippen LogP contribution is -2.32. The quantitative estimate of drug-likeness (QED) is 0.805. The zero-order chi connectivity index (χ0) is 11.6. The lowest BCUT2D eigenvalue weighted by atomic mass is 9.65. The van der Waals surface area contributed by atoms with Crippen molar-refractivity contribution >= 4 is 0 Å². The van der Waals surface area contributed by atoms with Crippen LogP contribution in [0.3, 0.4) is 0 Å². The summed E-state index contributed by atoms with van der Waals surface area (Å²) >= 11 is 0. The zero-order valence-electron chi connectivity index (χ0n) is 10.4. The molecule has 1 aliphatic rings. The van der Waals surface area contributed by atoms with Gasteiger partial charge in [0.15, 0.2) is 0 Å². The Balaban J connectivity index is 2.22. The molecule has 0 heterocycles. The molecule has 1 heteroatoms. The minimum atomic E-state index is 0.478. The second-order valence-electron chi connectivity index (χ2n) is 5.92. The molecule has 0 bridgehead atoms. The van der Waals surface area contributed by atoms with Crippen molar-refractivity contribution in [2.45, 2.75) is 39.0 Å². The van der Waals surface area contributed by atoms with E-state index in [1.54, 1.807) is 0 Å². The minimum Gasteiger partial charge on any atom is -0.330 e. The lowest BCUT2D eigenvalue weighted by molar-refractivity contribution is 0.165. The summed E-state index contributed by atoms with van der Waals surface area (Å²) in [5, 5.41) is 0. The summed E-state index contributed by atoms with van der Waals surface area (Å²) in [6.45, 7) is 5.60. The van der Waals surface area contributed by atoms with Crippen LogP contribution in [0.5, 0.6) is 0 Å². The monoisotopic (exact) mass is 217 g/mol. The van der Waals surface area contributed by atoms with Crippen LogP contribution in [0.4, 0.5) is 0 Å². The zero-order valence-corrected chi connectivity index (χ0v) is 10.4. The molecule has 1 nitrogen and oxygen atoms in total. The smallest absolute Gasteiger partial charge is 0.00430 e. The normalized spacial score (nSPS) is 28.9. The first kappa shape index (κ1) is 11.7. The van der Waals surface area contributed by atoms with Crippen LogP contribution in [0.15, 0.2) is 30.3 Å². The summed E-state index contributed by atoms with van der Waals surface area (Å²) in [5.74, 6) is 1.34. The van der Waals surface area contributed by atoms with Crippen molar-refractivity contribution in [2.75, 3.05) is 6.54 Å². The average Bonchev–Trinajstić information content (AvgIpc) is 2.29. The van der Waals surface area contributed by atoms with E-state index in [0.717, 1.165) is 6.54 Å². The molecule has 88 valence electrons. The fraction of sp³-hybridized carbons (Fsp3) is 0.600. The van der Waals surface area contributed by atoms with Crippen LogP contribution < -0.4 is 5.73 Å². The molecular formula is C15H23N. The molecule has 0 spiro atoms. The summed E-state index contributed by atoms with van der Waals surface area (Å²) in [7, 11) is 0. The second-order valence-corrected chi connectivity index (χ2v) is 5.92. The highest BCUT2D eigenvalue weighted by molar-refractivity contribution is 5.21. The third kappa shape index (κ3) is 2.46. The van der Waals surface area contributed by atoms with Crippen LogP contribution in [-0.4, -0.2) is 6.54 Å². The Hall–Kier alpha value is -0.820. The molecule has 0 saturated heterocycles. The van der Waals surface area contributed by atoms with Crippen molar-refractivity contribution in [1.29, 1.82) is 0 Å². The molecule has 0 aromatic heterocycles. The number of benzene rings is 1. The average molecular weight is 217 g/mol. The van der Waals surface area contributed by atoms with Crippen LogP contribution in [0, 0.1) is 11.3 Å². The molecule has 0 aliphatic heterocycles. The van der Waals surface area contributed by atoms with E-state index in [2.05, 4.69) is 44.2 Å². The van der Waals surface area contributed by atoms with Crippen molar-refractivity contribution in [2.24, 2.45) is 17.1 Å². The highest BCUT2D eigenvalue weighted by Crippen LogP contribution is 2.46. The second kappa shape index (κ2) is 4.58. The number of nitrogens with two attached hydrogens (primary N) is 1. The fourth-order valence-corrected chi connectivity index (χ4v) is 3.01. The number of rotatable bonds is 2. The van der Waals surface area contributed by atoms with E-state index >= 15 is 0 Å². The standard InChI is InChI=1S/C15H23N/c1-15(2)9-8-13(11-16)14(10-15)12-6-4-3-5-7-12/h3-7,13-14H,8-11,16H2,1-2H3. The van der Waals surface area contributed by atoms with Gasteiger partial charge in [-0.2, -0.15) is 0 Å². The maximum Gasteiger partial charge on any atom is -0.00430 e. The summed E-state index contributed by atoms with van der Waals surface area (Å²) in [6, 6.07) is 10.9. The topological polar surface area (TPSA) is 26.0 Å². The SMILES string of the molecule is CC1(C)CCC(CN)C(c2ccccc2)C1. The Morgan fingerprint density at radius 2 is 1.94 bits per heavy atom. The first-order valence-electron chi connectivity index (χ1n) is 6.37. The predicted octanol–water partition coefficient (Wildman–Crippen LogP) is 3.56. The maximum absolute atomic E-state index is 5.92. The van der Waals surface area contributed by atoms with Gasteiger partial charge < -0.3 is 5.73 Å². The van der Waals surface area contributed by atoms with Gasteiger partial charge in [-0.1, -0.05) is 44.2 Å². The minimum absolute atomic E-state index is 0.478. The van der Waals surface area contributed by atoms with Gasteiger partial charge in [0, 0.05) is 0 Å². The van der Waals surface area contributed by atoms with Gasteiger partial charge in [-0.15, -0.1) is 0 Å². The highest BCUT2D eigenvalue weighted by Gasteiger charge is 2.34. The fourth-order valence-electron chi connectivity index (χ4n) is 3.01. The lowest BCUT2D eigenvalue weighted by Gasteiger charge is -2.40. The molecule has 16 heavy (non-hydrogen) atoms. The van der Waals surface area contributed by atoms with Crippen molar-refractivity contribution in [3.63, 3.8) is 0 Å². The summed E-state index contributed by atoms with van der Waals surface area (Å²) in [5.41, 5.74) is 7.88. The van der Waals surface area contributed by atoms with Gasteiger partial charge in [-0.25, -0.2) is 0 Å². The summed E-state index contributed by atoms with van der Waals surface area (Å²) in [4.78, 5) is 0. The predicted molar refractivity (Wildman–Crippen MR) is 69.4 cm³/mol. The van der Waals surface area contributed by atoms with Crippen LogP contribution >= 0.6 is 0 Å². The first-order chi connectivity index (χ1) is 7.62. The van der Waals surface area contributed by atoms with Crippen molar-refractivity contribution in [3.8, 4) is 0 Å². The van der Waals surface area contributed by atoms with Gasteiger partial charge >= 0.3 is 0 Å². The Morgan fingerprint density at radius 1 is 1.25 bits per heavy atom. The van der Waals surface area contributed by atoms with E-state index in [-0.39, 0.29) is 0 Å². The van der Waals surface area contributed by atoms with E-state index in [4.69, 9.17) is 5.73 Å². The molecule has 2 rings (SSSR count). The molecule has 1 saturated carbocycles. The van der Waals surface area contributed by atoms with E-state index < -0.39 is 0 Å². The molecule has 2 unspecified atom stereocenters. The molecule has 1 fully saturated rings. The number of hydrogen-bond donors (Lipinski definition) is 1. The van der Waals surface area contributed by atoms with Crippen LogP contribution in [0.2, 0.25) is 0 Å². The third-order valence-corrected chi connectivity index (χ3v) is 4.06. The van der Waals surface area contributed by atoms with Crippen molar-refractivity contribution in [1.82, 2.24) is 0 Å². The maximum atomic E-state index is 5.92. The molecule has 1 aromatic carbocycles. The van der Waals surface area contributed by atoms with Crippen molar-refractivity contribution in [3.05, 3.63) is 35.9 Å².